The van der Waals surface area contributed by atoms with E-state index in [9.17, 15) is 14.4 Å². The van der Waals surface area contributed by atoms with Gasteiger partial charge in [0.2, 0.25) is 0 Å². The summed E-state index contributed by atoms with van der Waals surface area (Å²) in [6.07, 6.45) is 1.32. The van der Waals surface area contributed by atoms with E-state index < -0.39 is 0 Å². The van der Waals surface area contributed by atoms with Crippen LogP contribution in [0.5, 0.6) is 5.75 Å². The molecule has 1 aromatic heterocycles. The Morgan fingerprint density at radius 3 is 2.54 bits per heavy atom. The van der Waals surface area contributed by atoms with Crippen molar-refractivity contribution in [2.24, 2.45) is 0 Å². The van der Waals surface area contributed by atoms with Crippen LogP contribution in [-0.4, -0.2) is 52.6 Å². The van der Waals surface area contributed by atoms with Crippen molar-refractivity contribution in [3.63, 3.8) is 0 Å². The minimum atomic E-state index is -0.347. The second-order valence-electron chi connectivity index (χ2n) is 6.04. The van der Waals surface area contributed by atoms with E-state index >= 15 is 0 Å². The van der Waals surface area contributed by atoms with Crippen LogP contribution in [0.25, 0.3) is 0 Å². The number of benzene rings is 1. The smallest absolute Gasteiger partial charge is 0.274 e. The van der Waals surface area contributed by atoms with Crippen LogP contribution in [0.1, 0.15) is 23.3 Å². The van der Waals surface area contributed by atoms with Crippen LogP contribution in [0.2, 0.25) is 0 Å². The molecule has 2 amide bonds. The Morgan fingerprint density at radius 2 is 1.88 bits per heavy atom. The average molecular weight is 356 g/mol. The summed E-state index contributed by atoms with van der Waals surface area (Å²) in [4.78, 5) is 37.0. The molecule has 1 aromatic carbocycles. The van der Waals surface area contributed by atoms with Crippen LogP contribution in [0, 0.1) is 0 Å². The first-order chi connectivity index (χ1) is 12.6. The van der Waals surface area contributed by atoms with Gasteiger partial charge in [0.25, 0.3) is 17.4 Å². The maximum absolute atomic E-state index is 12.3. The number of hydrogen-bond acceptors (Lipinski definition) is 5. The van der Waals surface area contributed by atoms with E-state index in [-0.39, 0.29) is 35.7 Å². The molecule has 1 saturated heterocycles. The predicted octanol–water partition coefficient (Wildman–Crippen LogP) is 0.570. The Kier molecular flexibility index (Phi) is 5.62. The highest BCUT2D eigenvalue weighted by molar-refractivity contribution is 5.92. The van der Waals surface area contributed by atoms with Crippen LogP contribution in [-0.2, 0) is 4.79 Å². The molecule has 1 aliphatic rings. The fourth-order valence-electron chi connectivity index (χ4n) is 2.79. The van der Waals surface area contributed by atoms with Crippen molar-refractivity contribution in [1.29, 1.82) is 0 Å². The second kappa shape index (κ2) is 8.28. The van der Waals surface area contributed by atoms with Gasteiger partial charge in [-0.3, -0.25) is 14.4 Å². The van der Waals surface area contributed by atoms with Gasteiger partial charge in [0.15, 0.2) is 6.61 Å². The van der Waals surface area contributed by atoms with Crippen LogP contribution in [0.4, 0.5) is 0 Å². The van der Waals surface area contributed by atoms with E-state index in [1.165, 1.54) is 12.1 Å². The number of ether oxygens (including phenoxy) is 1. The first kappa shape index (κ1) is 17.7. The zero-order valence-corrected chi connectivity index (χ0v) is 14.2. The molecule has 8 heteroatoms. The van der Waals surface area contributed by atoms with E-state index in [0.29, 0.717) is 31.7 Å². The molecule has 0 aliphatic carbocycles. The average Bonchev–Trinajstić information content (AvgIpc) is 2.68. The largest absolute Gasteiger partial charge is 0.484 e. The fraction of sp³-hybridized carbons (Fsp3) is 0.333. The number of hydrogen-bond donors (Lipinski definition) is 2. The maximum Gasteiger partial charge on any atom is 0.274 e. The molecular weight excluding hydrogens is 336 g/mol. The molecule has 8 nitrogen and oxygen atoms in total. The monoisotopic (exact) mass is 356 g/mol. The molecule has 1 aliphatic heterocycles. The Balaban J connectivity index is 1.43. The van der Waals surface area contributed by atoms with Gasteiger partial charge in [0, 0.05) is 25.2 Å². The minimum Gasteiger partial charge on any atom is -0.484 e. The first-order valence-electron chi connectivity index (χ1n) is 8.44. The van der Waals surface area contributed by atoms with Crippen molar-refractivity contribution in [2.45, 2.75) is 18.9 Å². The summed E-state index contributed by atoms with van der Waals surface area (Å²) < 4.78 is 5.42. The number of carbonyl (C=O) groups excluding carboxylic acids is 2. The maximum atomic E-state index is 12.3. The lowest BCUT2D eigenvalue weighted by Crippen LogP contribution is -2.47. The van der Waals surface area contributed by atoms with E-state index in [1.807, 2.05) is 18.2 Å². The summed E-state index contributed by atoms with van der Waals surface area (Å²) in [6.45, 7) is 0.999. The fourth-order valence-corrected chi connectivity index (χ4v) is 2.79. The molecule has 2 heterocycles. The van der Waals surface area contributed by atoms with E-state index in [1.54, 1.807) is 17.0 Å². The molecular formula is C18H20N4O4. The topological polar surface area (TPSA) is 104 Å². The third-order valence-corrected chi connectivity index (χ3v) is 4.16. The molecule has 3 rings (SSSR count). The van der Waals surface area contributed by atoms with Gasteiger partial charge < -0.3 is 15.0 Å². The number of likely N-dealkylation sites (tertiary alicyclic amines) is 1. The zero-order chi connectivity index (χ0) is 18.4. The SMILES string of the molecule is O=C(COc1ccccc1)NC1CCN(C(=O)c2ccc(=O)[nH]n2)CC1. The molecule has 1 fully saturated rings. The van der Waals surface area contributed by atoms with Crippen molar-refractivity contribution in [3.05, 3.63) is 58.5 Å². The van der Waals surface area contributed by atoms with Crippen LogP contribution < -0.4 is 15.6 Å². The Labute approximate surface area is 150 Å². The lowest BCUT2D eigenvalue weighted by atomic mass is 10.0. The number of para-hydroxylation sites is 1. The first-order valence-corrected chi connectivity index (χ1v) is 8.44. The van der Waals surface area contributed by atoms with Gasteiger partial charge in [-0.1, -0.05) is 18.2 Å². The van der Waals surface area contributed by atoms with Crippen LogP contribution in [0.15, 0.2) is 47.3 Å². The lowest BCUT2D eigenvalue weighted by molar-refractivity contribution is -0.124. The highest BCUT2D eigenvalue weighted by Crippen LogP contribution is 2.13. The standard InChI is InChI=1S/C18H20N4O4/c23-16-7-6-15(20-21-16)18(25)22-10-8-13(9-11-22)19-17(24)12-26-14-4-2-1-3-5-14/h1-7,13H,8-12H2,(H,19,24)(H,21,23). The number of aromatic amines is 1. The number of H-pyrrole nitrogens is 1. The van der Waals surface area contributed by atoms with Crippen molar-refractivity contribution in [1.82, 2.24) is 20.4 Å². The second-order valence-corrected chi connectivity index (χ2v) is 6.04. The van der Waals surface area contributed by atoms with Crippen LogP contribution >= 0.6 is 0 Å². The quantitative estimate of drug-likeness (QED) is 0.815. The number of nitrogens with one attached hydrogen (secondary N) is 2. The molecule has 2 N–H and O–H groups in total. The number of piperidine rings is 1. The van der Waals surface area contributed by atoms with Gasteiger partial charge in [0.05, 0.1) is 0 Å². The zero-order valence-electron chi connectivity index (χ0n) is 14.2. The van der Waals surface area contributed by atoms with Gasteiger partial charge in [-0.15, -0.1) is 0 Å². The molecule has 0 unspecified atom stereocenters. The molecule has 0 saturated carbocycles. The van der Waals surface area contributed by atoms with Gasteiger partial charge in [0.1, 0.15) is 11.4 Å². The molecule has 0 radical (unpaired) electrons. The number of nitrogens with zero attached hydrogens (tertiary/aromatic N) is 2. The molecule has 2 aromatic rings. The third-order valence-electron chi connectivity index (χ3n) is 4.16. The third kappa shape index (κ3) is 4.69. The molecule has 0 bridgehead atoms. The Bertz CT molecular complexity index is 793. The summed E-state index contributed by atoms with van der Waals surface area (Å²) >= 11 is 0. The molecule has 0 spiro atoms. The highest BCUT2D eigenvalue weighted by Gasteiger charge is 2.25. The number of carbonyl (C=O) groups is 2. The molecule has 136 valence electrons. The van der Waals surface area contributed by atoms with Crippen molar-refractivity contribution >= 4 is 11.8 Å². The van der Waals surface area contributed by atoms with Crippen LogP contribution in [0.3, 0.4) is 0 Å². The number of aromatic nitrogens is 2. The lowest BCUT2D eigenvalue weighted by Gasteiger charge is -2.32. The summed E-state index contributed by atoms with van der Waals surface area (Å²) in [6, 6.07) is 11.9. The minimum absolute atomic E-state index is 0.00876. The van der Waals surface area contributed by atoms with Gasteiger partial charge in [-0.25, -0.2) is 5.10 Å². The summed E-state index contributed by atoms with van der Waals surface area (Å²) in [7, 11) is 0. The summed E-state index contributed by atoms with van der Waals surface area (Å²) in [5, 5.41) is 8.95. The Hall–Kier alpha value is -3.16. The number of rotatable bonds is 5. The van der Waals surface area contributed by atoms with E-state index in [0.717, 1.165) is 0 Å². The Morgan fingerprint density at radius 1 is 1.15 bits per heavy atom. The van der Waals surface area contributed by atoms with Crippen molar-refractivity contribution < 1.29 is 14.3 Å². The molecule has 26 heavy (non-hydrogen) atoms. The van der Waals surface area contributed by atoms with Gasteiger partial charge >= 0.3 is 0 Å². The van der Waals surface area contributed by atoms with Crippen molar-refractivity contribution in [2.75, 3.05) is 19.7 Å². The summed E-state index contributed by atoms with van der Waals surface area (Å²) in [5.74, 6) is 0.246. The normalized spacial score (nSPS) is 14.7. The summed E-state index contributed by atoms with van der Waals surface area (Å²) in [5.41, 5.74) is -0.135. The number of amides is 2. The highest BCUT2D eigenvalue weighted by atomic mass is 16.5. The van der Waals surface area contributed by atoms with Gasteiger partial charge in [-0.2, -0.15) is 5.10 Å². The predicted molar refractivity (Wildman–Crippen MR) is 93.9 cm³/mol. The molecule has 0 atom stereocenters. The van der Waals surface area contributed by atoms with Gasteiger partial charge in [-0.05, 0) is 31.0 Å². The van der Waals surface area contributed by atoms with Crippen molar-refractivity contribution in [3.8, 4) is 5.75 Å². The van der Waals surface area contributed by atoms with E-state index in [4.69, 9.17) is 4.74 Å². The van der Waals surface area contributed by atoms with E-state index in [2.05, 4.69) is 15.5 Å².